The summed E-state index contributed by atoms with van der Waals surface area (Å²) < 4.78 is 0. The first-order chi connectivity index (χ1) is 28.7. The number of fused-ring (bicyclic) bond motifs is 4. The van der Waals surface area contributed by atoms with Crippen molar-refractivity contribution in [3.05, 3.63) is 223 Å². The third kappa shape index (κ3) is 5.85. The molecule has 0 aliphatic heterocycles. The van der Waals surface area contributed by atoms with Crippen molar-refractivity contribution < 1.29 is 0 Å². The van der Waals surface area contributed by atoms with Gasteiger partial charge in [0.1, 0.15) is 0 Å². The molecule has 9 aromatic carbocycles. The first-order valence-electron chi connectivity index (χ1n) is 20.6. The minimum Gasteiger partial charge on any atom is -0.309 e. The first kappa shape index (κ1) is 35.5. The van der Waals surface area contributed by atoms with Crippen LogP contribution in [-0.4, -0.2) is 0 Å². The molecule has 58 heavy (non-hydrogen) atoms. The summed E-state index contributed by atoms with van der Waals surface area (Å²) in [4.78, 5) is 2.52. The van der Waals surface area contributed by atoms with Crippen molar-refractivity contribution in [3.8, 4) is 55.6 Å². The molecular weight excluding hydrogens is 699 g/mol. The highest BCUT2D eigenvalue weighted by Crippen LogP contribution is 2.59. The van der Waals surface area contributed by atoms with Gasteiger partial charge in [-0.2, -0.15) is 0 Å². The van der Waals surface area contributed by atoms with Crippen LogP contribution in [0.2, 0.25) is 0 Å². The van der Waals surface area contributed by atoms with Crippen LogP contribution in [0.25, 0.3) is 66.4 Å². The van der Waals surface area contributed by atoms with Gasteiger partial charge in [-0.3, -0.25) is 0 Å². The maximum atomic E-state index is 2.52. The molecule has 0 fully saturated rings. The van der Waals surface area contributed by atoms with Crippen molar-refractivity contribution in [1.82, 2.24) is 0 Å². The molecule has 0 amide bonds. The van der Waals surface area contributed by atoms with Crippen molar-refractivity contribution in [2.24, 2.45) is 0 Å². The van der Waals surface area contributed by atoms with E-state index in [1.807, 2.05) is 0 Å². The lowest BCUT2D eigenvalue weighted by molar-refractivity contribution is 0.491. The molecule has 278 valence electrons. The lowest BCUT2D eigenvalue weighted by atomic mass is 9.73. The van der Waals surface area contributed by atoms with Gasteiger partial charge in [-0.25, -0.2) is 0 Å². The number of benzene rings is 9. The molecular formula is C57H45N. The van der Waals surface area contributed by atoms with Crippen molar-refractivity contribution in [3.63, 3.8) is 0 Å². The molecule has 0 N–H and O–H groups in total. The van der Waals surface area contributed by atoms with Crippen LogP contribution in [0.3, 0.4) is 0 Å². The summed E-state index contributed by atoms with van der Waals surface area (Å²) in [6, 6.07) is 78.0. The number of anilines is 3. The van der Waals surface area contributed by atoms with E-state index in [2.05, 4.69) is 231 Å². The van der Waals surface area contributed by atoms with Crippen LogP contribution in [0.4, 0.5) is 17.1 Å². The van der Waals surface area contributed by atoms with Crippen LogP contribution < -0.4 is 4.90 Å². The fraction of sp³-hybridized carbons (Fsp3) is 0.0877. The van der Waals surface area contributed by atoms with E-state index < -0.39 is 0 Å². The Kier molecular flexibility index (Phi) is 9.07. The molecule has 0 unspecified atom stereocenters. The van der Waals surface area contributed by atoms with Crippen LogP contribution in [-0.2, 0) is 5.41 Å². The highest BCUT2D eigenvalue weighted by molar-refractivity contribution is 6.10. The molecule has 10 rings (SSSR count). The normalized spacial score (nSPS) is 12.6. The molecule has 1 heteroatoms. The Morgan fingerprint density at radius 1 is 0.362 bits per heavy atom. The Balaban J connectivity index is 1.18. The summed E-state index contributed by atoms with van der Waals surface area (Å²) in [6.07, 6.45) is 2.08. The molecule has 0 bridgehead atoms. The molecule has 1 aliphatic rings. The Hall–Kier alpha value is -6.96. The van der Waals surface area contributed by atoms with Crippen LogP contribution in [0.1, 0.15) is 37.8 Å². The number of nitrogens with zero attached hydrogens (tertiary/aromatic N) is 1. The van der Waals surface area contributed by atoms with Crippen LogP contribution >= 0.6 is 0 Å². The van der Waals surface area contributed by atoms with E-state index in [0.717, 1.165) is 24.2 Å². The summed E-state index contributed by atoms with van der Waals surface area (Å²) in [7, 11) is 0. The zero-order valence-electron chi connectivity index (χ0n) is 33.1. The Labute approximate surface area is 342 Å². The zero-order valence-corrected chi connectivity index (χ0v) is 33.1. The van der Waals surface area contributed by atoms with Crippen LogP contribution in [0.5, 0.6) is 0 Å². The molecule has 0 spiro atoms. The van der Waals surface area contributed by atoms with E-state index in [0.29, 0.717) is 0 Å². The Bertz CT molecular complexity index is 2880. The SMILES string of the molecule is CCC1(CC)c2ccccc2-c2c1cc1ccccc1c2N(c1ccc(-c2ccccc2)cc1)c1ccc(-c2ccccc2-c2ccccc2-c2ccccc2)cc1. The summed E-state index contributed by atoms with van der Waals surface area (Å²) >= 11 is 0. The third-order valence-electron chi connectivity index (χ3n) is 12.6. The maximum Gasteiger partial charge on any atom is 0.0621 e. The van der Waals surface area contributed by atoms with E-state index in [1.165, 1.54) is 83.2 Å². The average Bonchev–Trinajstić information content (AvgIpc) is 3.59. The van der Waals surface area contributed by atoms with Gasteiger partial charge in [-0.15, -0.1) is 0 Å². The van der Waals surface area contributed by atoms with Gasteiger partial charge in [-0.1, -0.05) is 196 Å². The molecule has 0 atom stereocenters. The molecule has 1 nitrogen and oxygen atoms in total. The number of hydrogen-bond donors (Lipinski definition) is 0. The minimum atomic E-state index is -0.0584. The maximum absolute atomic E-state index is 2.52. The number of rotatable bonds is 9. The smallest absolute Gasteiger partial charge is 0.0621 e. The fourth-order valence-electron chi connectivity index (χ4n) is 9.67. The molecule has 0 saturated carbocycles. The lowest BCUT2D eigenvalue weighted by Gasteiger charge is -2.32. The monoisotopic (exact) mass is 743 g/mol. The van der Waals surface area contributed by atoms with Crippen molar-refractivity contribution in [2.45, 2.75) is 32.1 Å². The van der Waals surface area contributed by atoms with Gasteiger partial charge in [0.2, 0.25) is 0 Å². The third-order valence-corrected chi connectivity index (χ3v) is 12.6. The van der Waals surface area contributed by atoms with E-state index in [4.69, 9.17) is 0 Å². The minimum absolute atomic E-state index is 0.0584. The van der Waals surface area contributed by atoms with Crippen molar-refractivity contribution >= 4 is 27.8 Å². The van der Waals surface area contributed by atoms with E-state index in [9.17, 15) is 0 Å². The van der Waals surface area contributed by atoms with Gasteiger partial charge in [0.15, 0.2) is 0 Å². The molecule has 0 saturated heterocycles. The quantitative estimate of drug-likeness (QED) is 0.142. The van der Waals surface area contributed by atoms with E-state index in [1.54, 1.807) is 0 Å². The average molecular weight is 744 g/mol. The highest BCUT2D eigenvalue weighted by atomic mass is 15.1. The molecule has 9 aromatic rings. The molecule has 0 radical (unpaired) electrons. The Morgan fingerprint density at radius 2 is 0.793 bits per heavy atom. The van der Waals surface area contributed by atoms with Crippen LogP contribution in [0.15, 0.2) is 212 Å². The molecule has 0 heterocycles. The summed E-state index contributed by atoms with van der Waals surface area (Å²) in [5, 5.41) is 2.52. The van der Waals surface area contributed by atoms with Gasteiger partial charge in [-0.05, 0) is 110 Å². The predicted octanol–water partition coefficient (Wildman–Crippen LogP) is 16.1. The van der Waals surface area contributed by atoms with Crippen molar-refractivity contribution in [1.29, 1.82) is 0 Å². The summed E-state index contributed by atoms with van der Waals surface area (Å²) in [5.41, 5.74) is 18.7. The topological polar surface area (TPSA) is 3.24 Å². The predicted molar refractivity (Wildman–Crippen MR) is 247 cm³/mol. The lowest BCUT2D eigenvalue weighted by Crippen LogP contribution is -2.23. The molecule has 1 aliphatic carbocycles. The van der Waals surface area contributed by atoms with E-state index in [-0.39, 0.29) is 5.41 Å². The van der Waals surface area contributed by atoms with Crippen LogP contribution in [0, 0.1) is 0 Å². The van der Waals surface area contributed by atoms with Crippen molar-refractivity contribution in [2.75, 3.05) is 4.90 Å². The second-order valence-corrected chi connectivity index (χ2v) is 15.5. The highest BCUT2D eigenvalue weighted by Gasteiger charge is 2.43. The summed E-state index contributed by atoms with van der Waals surface area (Å²) in [5.74, 6) is 0. The van der Waals surface area contributed by atoms with E-state index >= 15 is 0 Å². The molecule has 0 aromatic heterocycles. The standard InChI is InChI=1S/C57H45N/c1-3-57(4-2)53-30-18-17-29-52(53)55-54(57)39-44-23-11-12-26-49(44)56(55)58(45-35-31-41(32-36-45)40-19-7-5-8-20-40)46-37-33-43(34-38-46)48-25-14-16-28-51(48)50-27-15-13-24-47(50)42-21-9-6-10-22-42/h5-39H,3-4H2,1-2H3. The second-order valence-electron chi connectivity index (χ2n) is 15.5. The summed E-state index contributed by atoms with van der Waals surface area (Å²) in [6.45, 7) is 4.72. The number of hydrogen-bond acceptors (Lipinski definition) is 1. The van der Waals surface area contributed by atoms with Gasteiger partial charge in [0, 0.05) is 27.7 Å². The van der Waals surface area contributed by atoms with Gasteiger partial charge in [0.25, 0.3) is 0 Å². The largest absolute Gasteiger partial charge is 0.309 e. The fourth-order valence-corrected chi connectivity index (χ4v) is 9.67. The first-order valence-corrected chi connectivity index (χ1v) is 20.6. The second kappa shape index (κ2) is 14.8. The van der Waals surface area contributed by atoms with Gasteiger partial charge < -0.3 is 4.90 Å². The van der Waals surface area contributed by atoms with Gasteiger partial charge >= 0.3 is 0 Å². The Morgan fingerprint density at radius 3 is 1.38 bits per heavy atom. The zero-order chi connectivity index (χ0) is 39.1. The van der Waals surface area contributed by atoms with Gasteiger partial charge in [0.05, 0.1) is 5.69 Å².